The van der Waals surface area contributed by atoms with Gasteiger partial charge in [-0.15, -0.1) is 0 Å². The SMILES string of the molecule is CCC1(CC)CCN(C(=O)c2cc(N)ccc2[N+](=O)[O-])C1. The first-order valence-electron chi connectivity index (χ1n) is 7.25. The second kappa shape index (κ2) is 5.71. The number of likely N-dealkylation sites (tertiary alicyclic amines) is 1. The zero-order chi connectivity index (χ0) is 15.6. The number of nitro benzene ring substituents is 1. The Balaban J connectivity index is 2.30. The van der Waals surface area contributed by atoms with Crippen LogP contribution in [0.5, 0.6) is 0 Å². The Kier molecular flexibility index (Phi) is 4.16. The summed E-state index contributed by atoms with van der Waals surface area (Å²) in [5, 5.41) is 11.1. The lowest BCUT2D eigenvalue weighted by Gasteiger charge is -2.26. The third-order valence-electron chi connectivity index (χ3n) is 4.67. The topological polar surface area (TPSA) is 89.5 Å². The minimum absolute atomic E-state index is 0.0861. The first-order valence-corrected chi connectivity index (χ1v) is 7.25. The molecule has 21 heavy (non-hydrogen) atoms. The van der Waals surface area contributed by atoms with E-state index in [-0.39, 0.29) is 22.6 Å². The van der Waals surface area contributed by atoms with E-state index in [1.165, 1.54) is 18.2 Å². The molecule has 6 heteroatoms. The van der Waals surface area contributed by atoms with Gasteiger partial charge in [0.05, 0.1) is 4.92 Å². The largest absolute Gasteiger partial charge is 0.399 e. The van der Waals surface area contributed by atoms with Crippen LogP contribution in [-0.2, 0) is 0 Å². The smallest absolute Gasteiger partial charge is 0.282 e. The van der Waals surface area contributed by atoms with Crippen molar-refractivity contribution in [2.24, 2.45) is 5.41 Å². The Hall–Kier alpha value is -2.11. The highest BCUT2D eigenvalue weighted by Crippen LogP contribution is 2.38. The van der Waals surface area contributed by atoms with Crippen molar-refractivity contribution in [2.75, 3.05) is 18.8 Å². The number of benzene rings is 1. The van der Waals surface area contributed by atoms with Gasteiger partial charge in [0.2, 0.25) is 0 Å². The molecule has 2 rings (SSSR count). The molecule has 1 aliphatic rings. The fraction of sp³-hybridized carbons (Fsp3) is 0.533. The minimum Gasteiger partial charge on any atom is -0.399 e. The van der Waals surface area contributed by atoms with E-state index in [9.17, 15) is 14.9 Å². The summed E-state index contributed by atoms with van der Waals surface area (Å²) in [6.45, 7) is 5.55. The number of hydrogen-bond donors (Lipinski definition) is 1. The van der Waals surface area contributed by atoms with Crippen molar-refractivity contribution in [3.8, 4) is 0 Å². The van der Waals surface area contributed by atoms with Gasteiger partial charge in [0, 0.05) is 24.8 Å². The molecule has 0 saturated carbocycles. The number of nitro groups is 1. The van der Waals surface area contributed by atoms with Crippen molar-refractivity contribution in [1.82, 2.24) is 4.90 Å². The molecule has 1 heterocycles. The van der Waals surface area contributed by atoms with E-state index in [1.54, 1.807) is 4.90 Å². The van der Waals surface area contributed by atoms with E-state index in [1.807, 2.05) is 0 Å². The summed E-state index contributed by atoms with van der Waals surface area (Å²) in [7, 11) is 0. The Morgan fingerprint density at radius 2 is 2.10 bits per heavy atom. The molecule has 0 unspecified atom stereocenters. The molecular weight excluding hydrogens is 270 g/mol. The summed E-state index contributed by atoms with van der Waals surface area (Å²) in [4.78, 5) is 24.9. The lowest BCUT2D eigenvalue weighted by atomic mass is 9.82. The van der Waals surface area contributed by atoms with Gasteiger partial charge in [-0.1, -0.05) is 13.8 Å². The average molecular weight is 291 g/mol. The van der Waals surface area contributed by atoms with Crippen LogP contribution in [0.2, 0.25) is 0 Å². The molecule has 1 amide bonds. The van der Waals surface area contributed by atoms with Crippen LogP contribution < -0.4 is 5.73 Å². The molecule has 1 aliphatic heterocycles. The highest BCUT2D eigenvalue weighted by Gasteiger charge is 2.38. The number of carbonyl (C=O) groups excluding carboxylic acids is 1. The predicted octanol–water partition coefficient (Wildman–Crippen LogP) is 2.83. The minimum atomic E-state index is -0.532. The van der Waals surface area contributed by atoms with Gasteiger partial charge in [-0.25, -0.2) is 0 Å². The first kappa shape index (κ1) is 15.3. The second-order valence-electron chi connectivity index (χ2n) is 5.72. The van der Waals surface area contributed by atoms with Crippen LogP contribution in [0.3, 0.4) is 0 Å². The highest BCUT2D eigenvalue weighted by atomic mass is 16.6. The van der Waals surface area contributed by atoms with Crippen molar-refractivity contribution in [3.63, 3.8) is 0 Å². The number of amides is 1. The third-order valence-corrected chi connectivity index (χ3v) is 4.67. The summed E-state index contributed by atoms with van der Waals surface area (Å²) in [6, 6.07) is 4.14. The maximum Gasteiger partial charge on any atom is 0.282 e. The molecule has 1 aromatic carbocycles. The monoisotopic (exact) mass is 291 g/mol. The fourth-order valence-electron chi connectivity index (χ4n) is 2.99. The van der Waals surface area contributed by atoms with Gasteiger partial charge in [0.15, 0.2) is 0 Å². The summed E-state index contributed by atoms with van der Waals surface area (Å²) in [5.41, 5.74) is 6.09. The summed E-state index contributed by atoms with van der Waals surface area (Å²) < 4.78 is 0. The van der Waals surface area contributed by atoms with Gasteiger partial charge in [-0.05, 0) is 36.8 Å². The molecule has 0 aromatic heterocycles. The van der Waals surface area contributed by atoms with Gasteiger partial charge >= 0.3 is 0 Å². The number of carbonyl (C=O) groups is 1. The van der Waals surface area contributed by atoms with Gasteiger partial charge in [-0.2, -0.15) is 0 Å². The Labute approximate surface area is 124 Å². The van der Waals surface area contributed by atoms with Gasteiger partial charge in [0.1, 0.15) is 5.56 Å². The normalized spacial score (nSPS) is 17.0. The van der Waals surface area contributed by atoms with Crippen LogP contribution in [-0.4, -0.2) is 28.8 Å². The number of rotatable bonds is 4. The second-order valence-corrected chi connectivity index (χ2v) is 5.72. The molecule has 1 aromatic rings. The maximum atomic E-state index is 12.6. The van der Waals surface area contributed by atoms with Crippen LogP contribution in [0.1, 0.15) is 43.5 Å². The van der Waals surface area contributed by atoms with E-state index in [4.69, 9.17) is 5.73 Å². The van der Waals surface area contributed by atoms with Crippen molar-refractivity contribution in [3.05, 3.63) is 33.9 Å². The Bertz CT molecular complexity index is 567. The zero-order valence-electron chi connectivity index (χ0n) is 12.5. The number of hydrogen-bond acceptors (Lipinski definition) is 4. The number of anilines is 1. The van der Waals surface area contributed by atoms with Gasteiger partial charge in [-0.3, -0.25) is 14.9 Å². The summed E-state index contributed by atoms with van der Waals surface area (Å²) >= 11 is 0. The lowest BCUT2D eigenvalue weighted by Crippen LogP contribution is -2.32. The standard InChI is InChI=1S/C15H21N3O3/c1-3-15(4-2)7-8-17(10-15)14(19)12-9-11(16)5-6-13(12)18(20)21/h5-6,9H,3-4,7-8,10,16H2,1-2H3. The molecule has 0 bridgehead atoms. The van der Waals surface area contributed by atoms with E-state index >= 15 is 0 Å². The van der Waals surface area contributed by atoms with E-state index < -0.39 is 4.92 Å². The number of nitrogens with two attached hydrogens (primary N) is 1. The van der Waals surface area contributed by atoms with Crippen molar-refractivity contribution < 1.29 is 9.72 Å². The molecule has 6 nitrogen and oxygen atoms in total. The Morgan fingerprint density at radius 1 is 1.43 bits per heavy atom. The zero-order valence-corrected chi connectivity index (χ0v) is 12.5. The molecule has 2 N–H and O–H groups in total. The van der Waals surface area contributed by atoms with Crippen LogP contribution in [0.25, 0.3) is 0 Å². The average Bonchev–Trinajstić information content (AvgIpc) is 2.91. The molecule has 0 aliphatic carbocycles. The van der Waals surface area contributed by atoms with Gasteiger partial charge in [0.25, 0.3) is 11.6 Å². The van der Waals surface area contributed by atoms with E-state index in [0.717, 1.165) is 19.3 Å². The fourth-order valence-corrected chi connectivity index (χ4v) is 2.99. The molecule has 1 fully saturated rings. The molecule has 0 radical (unpaired) electrons. The molecular formula is C15H21N3O3. The summed E-state index contributed by atoms with van der Waals surface area (Å²) in [6.07, 6.45) is 2.96. The first-order chi connectivity index (χ1) is 9.92. The van der Waals surface area contributed by atoms with Gasteiger partial charge < -0.3 is 10.6 Å². The quantitative estimate of drug-likeness (QED) is 0.524. The Morgan fingerprint density at radius 3 is 2.62 bits per heavy atom. The highest BCUT2D eigenvalue weighted by molar-refractivity contribution is 5.99. The third kappa shape index (κ3) is 2.84. The van der Waals surface area contributed by atoms with Crippen molar-refractivity contribution in [2.45, 2.75) is 33.1 Å². The van der Waals surface area contributed by atoms with E-state index in [0.29, 0.717) is 18.8 Å². The molecule has 1 saturated heterocycles. The van der Waals surface area contributed by atoms with Crippen LogP contribution in [0.15, 0.2) is 18.2 Å². The van der Waals surface area contributed by atoms with E-state index in [2.05, 4.69) is 13.8 Å². The van der Waals surface area contributed by atoms with Crippen LogP contribution >= 0.6 is 0 Å². The number of nitrogens with zero attached hydrogens (tertiary/aromatic N) is 2. The maximum absolute atomic E-state index is 12.6. The predicted molar refractivity (Wildman–Crippen MR) is 81.0 cm³/mol. The van der Waals surface area contributed by atoms with Crippen molar-refractivity contribution >= 4 is 17.3 Å². The molecule has 0 spiro atoms. The van der Waals surface area contributed by atoms with Crippen LogP contribution in [0.4, 0.5) is 11.4 Å². The molecule has 114 valence electrons. The van der Waals surface area contributed by atoms with Crippen LogP contribution in [0, 0.1) is 15.5 Å². The number of nitrogen functional groups attached to an aromatic ring is 1. The van der Waals surface area contributed by atoms with Crippen molar-refractivity contribution in [1.29, 1.82) is 0 Å². The lowest BCUT2D eigenvalue weighted by molar-refractivity contribution is -0.385. The molecule has 0 atom stereocenters. The summed E-state index contributed by atoms with van der Waals surface area (Å²) in [5.74, 6) is -0.294.